The van der Waals surface area contributed by atoms with Crippen molar-refractivity contribution in [2.75, 3.05) is 4.90 Å². The van der Waals surface area contributed by atoms with E-state index in [0.717, 1.165) is 25.3 Å². The molecule has 1 aromatic rings. The maximum absolute atomic E-state index is 13.1. The van der Waals surface area contributed by atoms with Gasteiger partial charge in [-0.15, -0.1) is 0 Å². The van der Waals surface area contributed by atoms with Crippen molar-refractivity contribution in [1.29, 1.82) is 0 Å². The van der Waals surface area contributed by atoms with E-state index in [-0.39, 0.29) is 17.6 Å². The molecule has 1 spiro atoms. The first-order chi connectivity index (χ1) is 12.2. The average molecular weight is 369 g/mol. The number of alkyl halides is 3. The fraction of sp³-hybridized carbons (Fsp3) is 0.438. The molecule has 140 valence electrons. The lowest BCUT2D eigenvalue weighted by Crippen LogP contribution is -2.58. The second-order valence-electron chi connectivity index (χ2n) is 6.32. The van der Waals surface area contributed by atoms with Gasteiger partial charge in [-0.2, -0.15) is 18.2 Å². The Morgan fingerprint density at radius 3 is 2.46 bits per heavy atom. The van der Waals surface area contributed by atoms with Gasteiger partial charge in [-0.3, -0.25) is 9.69 Å². The molecule has 1 heterocycles. The van der Waals surface area contributed by atoms with E-state index in [1.807, 2.05) is 0 Å². The number of nitrogens with zero attached hydrogens (tertiary/aromatic N) is 3. The third-order valence-electron chi connectivity index (χ3n) is 4.60. The summed E-state index contributed by atoms with van der Waals surface area (Å²) < 4.78 is 39.2. The number of aromatic hydroxyl groups is 1. The molecular weight excluding hydrogens is 351 g/mol. The Hall–Kier alpha value is -2.78. The highest BCUT2D eigenvalue weighted by molar-refractivity contribution is 6.13. The highest BCUT2D eigenvalue weighted by Crippen LogP contribution is 2.43. The summed E-state index contributed by atoms with van der Waals surface area (Å²) in [5.74, 6) is -3.18. The third-order valence-corrected chi connectivity index (χ3v) is 4.60. The number of hydrogen-bond acceptors (Lipinski definition) is 7. The molecule has 1 fully saturated rings. The zero-order valence-electron chi connectivity index (χ0n) is 13.8. The predicted molar refractivity (Wildman–Crippen MR) is 90.0 cm³/mol. The van der Waals surface area contributed by atoms with Crippen molar-refractivity contribution in [2.45, 2.75) is 43.9 Å². The van der Waals surface area contributed by atoms with Crippen LogP contribution in [0.2, 0.25) is 0 Å². The lowest BCUT2D eigenvalue weighted by molar-refractivity contribution is -0.0886. The number of carbonyl (C=O) groups is 1. The quantitative estimate of drug-likeness (QED) is 0.691. The molecule has 3 rings (SSSR count). The molecule has 0 saturated heterocycles. The molecule has 7 nitrogen and oxygen atoms in total. The Morgan fingerprint density at radius 1 is 1.19 bits per heavy atom. The molecule has 0 radical (unpaired) electrons. The maximum atomic E-state index is 13.1. The van der Waals surface area contributed by atoms with Crippen LogP contribution >= 0.6 is 0 Å². The van der Waals surface area contributed by atoms with Crippen LogP contribution < -0.4 is 16.4 Å². The van der Waals surface area contributed by atoms with Crippen LogP contribution in [0.1, 0.15) is 42.5 Å². The number of rotatable bonds is 2. The standard InChI is InChI=1S/C16H18F3N5O2/c17-16(18,19)12(26)11-9(5-4-6-10(11)25)24-14(21)22-13(20)23-15(24)7-2-1-3-8-15/h4-6,25H,1-3,7-8H2,(H4,20,21,22,23). The molecule has 0 unspecified atom stereocenters. The van der Waals surface area contributed by atoms with Crippen molar-refractivity contribution in [3.05, 3.63) is 23.8 Å². The highest BCUT2D eigenvalue weighted by atomic mass is 19.4. The van der Waals surface area contributed by atoms with Crippen LogP contribution in [0.25, 0.3) is 0 Å². The number of phenolic OH excluding ortho intramolecular Hbond substituents is 1. The van der Waals surface area contributed by atoms with Gasteiger partial charge in [-0.25, -0.2) is 4.99 Å². The van der Waals surface area contributed by atoms with Gasteiger partial charge in [-0.1, -0.05) is 12.5 Å². The van der Waals surface area contributed by atoms with Crippen LogP contribution in [0.5, 0.6) is 5.75 Å². The molecule has 5 N–H and O–H groups in total. The van der Waals surface area contributed by atoms with Crippen LogP contribution in [-0.2, 0) is 0 Å². The van der Waals surface area contributed by atoms with Crippen LogP contribution in [0.15, 0.2) is 28.2 Å². The number of benzene rings is 1. The Kier molecular flexibility index (Phi) is 4.29. The SMILES string of the molecule is NC1=NC2(CCCCC2)N(c2cccc(O)c2C(=O)C(F)(F)F)C(N)=N1. The Morgan fingerprint density at radius 2 is 1.85 bits per heavy atom. The highest BCUT2D eigenvalue weighted by Gasteiger charge is 2.47. The summed E-state index contributed by atoms with van der Waals surface area (Å²) in [7, 11) is 0. The number of phenols is 1. The third kappa shape index (κ3) is 2.95. The van der Waals surface area contributed by atoms with Gasteiger partial charge in [0.2, 0.25) is 11.9 Å². The molecule has 0 aromatic heterocycles. The van der Waals surface area contributed by atoms with Crippen LogP contribution in [0.4, 0.5) is 18.9 Å². The first-order valence-corrected chi connectivity index (χ1v) is 8.09. The zero-order chi connectivity index (χ0) is 19.1. The second kappa shape index (κ2) is 6.19. The summed E-state index contributed by atoms with van der Waals surface area (Å²) in [4.78, 5) is 21.4. The van der Waals surface area contributed by atoms with Crippen LogP contribution in [0, 0.1) is 0 Å². The van der Waals surface area contributed by atoms with Crippen molar-refractivity contribution < 1.29 is 23.1 Å². The topological polar surface area (TPSA) is 117 Å². The molecule has 1 saturated carbocycles. The van der Waals surface area contributed by atoms with Crippen molar-refractivity contribution >= 4 is 23.4 Å². The second-order valence-corrected chi connectivity index (χ2v) is 6.32. The minimum atomic E-state index is -5.16. The average Bonchev–Trinajstić information content (AvgIpc) is 2.53. The number of halogens is 3. The van der Waals surface area contributed by atoms with Gasteiger partial charge < -0.3 is 16.6 Å². The normalized spacial score (nSPS) is 19.9. The zero-order valence-corrected chi connectivity index (χ0v) is 13.8. The number of Topliss-reactive ketones (excluding diaryl/α,β-unsaturated/α-hetero) is 1. The Labute approximate surface area is 147 Å². The van der Waals surface area contributed by atoms with Crippen molar-refractivity contribution in [1.82, 2.24) is 0 Å². The summed E-state index contributed by atoms with van der Waals surface area (Å²) in [6.45, 7) is 0. The van der Waals surface area contributed by atoms with Crippen molar-refractivity contribution in [3.8, 4) is 5.75 Å². The van der Waals surface area contributed by atoms with Gasteiger partial charge in [0.25, 0.3) is 5.78 Å². The lowest BCUT2D eigenvalue weighted by Gasteiger charge is -2.46. The number of anilines is 1. The largest absolute Gasteiger partial charge is 0.507 e. The summed E-state index contributed by atoms with van der Waals surface area (Å²) in [5, 5.41) is 9.99. The van der Waals surface area contributed by atoms with E-state index in [0.29, 0.717) is 12.8 Å². The smallest absolute Gasteiger partial charge is 0.455 e. The van der Waals surface area contributed by atoms with Crippen molar-refractivity contribution in [2.24, 2.45) is 21.5 Å². The maximum Gasteiger partial charge on any atom is 0.455 e. The fourth-order valence-electron chi connectivity index (χ4n) is 3.56. The summed E-state index contributed by atoms with van der Waals surface area (Å²) in [6, 6.07) is 3.64. The lowest BCUT2D eigenvalue weighted by atomic mass is 9.86. The first-order valence-electron chi connectivity index (χ1n) is 8.09. The molecule has 0 atom stereocenters. The van der Waals surface area contributed by atoms with E-state index in [4.69, 9.17) is 11.5 Å². The van der Waals surface area contributed by atoms with E-state index < -0.39 is 28.9 Å². The number of hydrogen-bond donors (Lipinski definition) is 3. The van der Waals surface area contributed by atoms with E-state index >= 15 is 0 Å². The van der Waals surface area contributed by atoms with E-state index in [2.05, 4.69) is 9.98 Å². The van der Waals surface area contributed by atoms with Crippen LogP contribution in [0.3, 0.4) is 0 Å². The van der Waals surface area contributed by atoms with Crippen LogP contribution in [-0.4, -0.2) is 34.6 Å². The Balaban J connectivity index is 2.20. The summed E-state index contributed by atoms with van der Waals surface area (Å²) >= 11 is 0. The fourth-order valence-corrected chi connectivity index (χ4v) is 3.56. The van der Waals surface area contributed by atoms with Crippen molar-refractivity contribution in [3.63, 3.8) is 0 Å². The minimum Gasteiger partial charge on any atom is -0.507 e. The molecule has 1 aromatic carbocycles. The molecule has 10 heteroatoms. The molecule has 26 heavy (non-hydrogen) atoms. The number of carbonyl (C=O) groups excluding carboxylic acids is 1. The molecular formula is C16H18F3N5O2. The van der Waals surface area contributed by atoms with Gasteiger partial charge in [0.05, 0.1) is 11.3 Å². The number of aliphatic imine (C=N–C) groups is 2. The van der Waals surface area contributed by atoms with Gasteiger partial charge in [0.1, 0.15) is 11.4 Å². The molecule has 0 bridgehead atoms. The molecule has 0 amide bonds. The van der Waals surface area contributed by atoms with E-state index in [1.54, 1.807) is 0 Å². The van der Waals surface area contributed by atoms with Gasteiger partial charge in [0, 0.05) is 0 Å². The van der Waals surface area contributed by atoms with E-state index in [9.17, 15) is 23.1 Å². The predicted octanol–water partition coefficient (Wildman–Crippen LogP) is 2.25. The number of ketones is 1. The summed E-state index contributed by atoms with van der Waals surface area (Å²) in [6.07, 6.45) is -1.71. The molecule has 1 aliphatic carbocycles. The first kappa shape index (κ1) is 18.0. The number of guanidine groups is 2. The summed E-state index contributed by atoms with van der Waals surface area (Å²) in [5.41, 5.74) is 9.61. The molecule has 1 aliphatic heterocycles. The Bertz CT molecular complexity index is 798. The number of nitrogens with two attached hydrogens (primary N) is 2. The monoisotopic (exact) mass is 369 g/mol. The molecule has 2 aliphatic rings. The minimum absolute atomic E-state index is 0.0653. The van der Waals surface area contributed by atoms with Gasteiger partial charge >= 0.3 is 6.18 Å². The van der Waals surface area contributed by atoms with Gasteiger partial charge in [-0.05, 0) is 37.8 Å². The van der Waals surface area contributed by atoms with E-state index in [1.165, 1.54) is 17.0 Å². The van der Waals surface area contributed by atoms with Gasteiger partial charge in [0.15, 0.2) is 0 Å².